The molecule has 3 rings (SSSR count). The van der Waals surface area contributed by atoms with Crippen molar-refractivity contribution in [1.29, 1.82) is 0 Å². The number of carbonyl (C=O) groups excluding carboxylic acids is 2. The first-order valence-corrected chi connectivity index (χ1v) is 8.98. The lowest BCUT2D eigenvalue weighted by atomic mass is 10.1. The predicted octanol–water partition coefficient (Wildman–Crippen LogP) is 0.714. The van der Waals surface area contributed by atoms with Crippen molar-refractivity contribution in [2.75, 3.05) is 30.0 Å². The number of hydrogen-bond acceptors (Lipinski definition) is 6. The fourth-order valence-corrected chi connectivity index (χ4v) is 4.16. The second-order valence-corrected chi connectivity index (χ2v) is 6.75. The number of amides is 2. The summed E-state index contributed by atoms with van der Waals surface area (Å²) < 4.78 is 0. The Kier molecular flexibility index (Phi) is 4.70. The molecule has 0 bridgehead atoms. The monoisotopic (exact) mass is 335 g/mol. The summed E-state index contributed by atoms with van der Waals surface area (Å²) >= 11 is 1.63. The summed E-state index contributed by atoms with van der Waals surface area (Å²) in [6, 6.07) is 1.64. The van der Waals surface area contributed by atoms with Crippen LogP contribution in [-0.2, 0) is 22.6 Å². The van der Waals surface area contributed by atoms with E-state index in [1.807, 2.05) is 17.9 Å². The summed E-state index contributed by atoms with van der Waals surface area (Å²) in [5.41, 5.74) is 2.00. The van der Waals surface area contributed by atoms with Crippen molar-refractivity contribution in [1.82, 2.24) is 20.0 Å². The Balaban J connectivity index is 1.74. The average molecular weight is 335 g/mol. The number of carbonyl (C=O) groups is 2. The van der Waals surface area contributed by atoms with Gasteiger partial charge in [-0.05, 0) is 18.6 Å². The maximum absolute atomic E-state index is 12.8. The van der Waals surface area contributed by atoms with Gasteiger partial charge in [-0.25, -0.2) is 0 Å². The predicted molar refractivity (Wildman–Crippen MR) is 88.9 cm³/mol. The molecule has 23 heavy (non-hydrogen) atoms. The number of nitrogens with one attached hydrogen (secondary N) is 1. The normalized spacial score (nSPS) is 20.3. The fourth-order valence-electron chi connectivity index (χ4n) is 2.95. The van der Waals surface area contributed by atoms with E-state index in [0.29, 0.717) is 31.1 Å². The van der Waals surface area contributed by atoms with E-state index in [1.54, 1.807) is 16.7 Å². The maximum atomic E-state index is 12.8. The number of rotatable bonds is 3. The third-order valence-electron chi connectivity index (χ3n) is 4.18. The molecule has 0 unspecified atom stereocenters. The molecular weight excluding hydrogens is 314 g/mol. The molecule has 124 valence electrons. The SMILES string of the molecule is CCNc1cc2c(nn1)CCN(C(=O)[C@H]1CSCN1C(C)=O)C2. The average Bonchev–Trinajstić information content (AvgIpc) is 3.03. The highest BCUT2D eigenvalue weighted by atomic mass is 32.2. The Morgan fingerprint density at radius 2 is 2.26 bits per heavy atom. The Bertz CT molecular complexity index is 624. The molecule has 7 nitrogen and oxygen atoms in total. The molecule has 1 aromatic heterocycles. The van der Waals surface area contributed by atoms with Crippen LogP contribution >= 0.6 is 11.8 Å². The largest absolute Gasteiger partial charge is 0.369 e. The van der Waals surface area contributed by atoms with E-state index in [-0.39, 0.29) is 17.9 Å². The van der Waals surface area contributed by atoms with E-state index in [0.717, 1.165) is 23.6 Å². The lowest BCUT2D eigenvalue weighted by Crippen LogP contribution is -2.49. The van der Waals surface area contributed by atoms with Crippen LogP contribution in [-0.4, -0.2) is 62.6 Å². The van der Waals surface area contributed by atoms with Crippen molar-refractivity contribution in [2.24, 2.45) is 0 Å². The second-order valence-electron chi connectivity index (χ2n) is 5.75. The first-order valence-electron chi connectivity index (χ1n) is 7.83. The second kappa shape index (κ2) is 6.74. The summed E-state index contributed by atoms with van der Waals surface area (Å²) in [6.45, 7) is 5.48. The zero-order valence-corrected chi connectivity index (χ0v) is 14.2. The Hall–Kier alpha value is -1.83. The van der Waals surface area contributed by atoms with E-state index < -0.39 is 0 Å². The van der Waals surface area contributed by atoms with Crippen LogP contribution in [0.5, 0.6) is 0 Å². The van der Waals surface area contributed by atoms with Gasteiger partial charge in [0.1, 0.15) is 11.9 Å². The molecule has 0 spiro atoms. The van der Waals surface area contributed by atoms with E-state index in [2.05, 4.69) is 15.5 Å². The molecule has 2 aliphatic rings. The molecule has 1 N–H and O–H groups in total. The van der Waals surface area contributed by atoms with Crippen molar-refractivity contribution in [3.63, 3.8) is 0 Å². The number of hydrogen-bond donors (Lipinski definition) is 1. The van der Waals surface area contributed by atoms with Gasteiger partial charge in [0.05, 0.1) is 11.6 Å². The summed E-state index contributed by atoms with van der Waals surface area (Å²) in [6.07, 6.45) is 0.709. The molecular formula is C15H21N5O2S. The molecule has 8 heteroatoms. The van der Waals surface area contributed by atoms with Gasteiger partial charge in [0.25, 0.3) is 0 Å². The molecule has 1 aromatic rings. The minimum atomic E-state index is -0.331. The van der Waals surface area contributed by atoms with Crippen LogP contribution in [0.25, 0.3) is 0 Å². The Morgan fingerprint density at radius 1 is 1.43 bits per heavy atom. The van der Waals surface area contributed by atoms with Crippen LogP contribution < -0.4 is 5.32 Å². The molecule has 0 aromatic carbocycles. The molecule has 2 amide bonds. The maximum Gasteiger partial charge on any atom is 0.246 e. The van der Waals surface area contributed by atoms with Crippen molar-refractivity contribution in [2.45, 2.75) is 32.9 Å². The molecule has 3 heterocycles. The standard InChI is InChI=1S/C15H21N5O2S/c1-3-16-14-6-11-7-19(5-4-12(11)17-18-14)15(22)13-8-23-9-20(13)10(2)21/h6,13H,3-5,7-9H2,1-2H3,(H,16,18)/t13-/m1/s1. The van der Waals surface area contributed by atoms with Gasteiger partial charge in [0, 0.05) is 38.7 Å². The quantitative estimate of drug-likeness (QED) is 0.877. The highest BCUT2D eigenvalue weighted by Crippen LogP contribution is 2.25. The van der Waals surface area contributed by atoms with Gasteiger partial charge in [-0.2, -0.15) is 5.10 Å². The molecule has 1 fully saturated rings. The Labute approximate surface area is 139 Å². The number of aromatic nitrogens is 2. The number of nitrogens with zero attached hydrogens (tertiary/aromatic N) is 4. The van der Waals surface area contributed by atoms with Gasteiger partial charge in [-0.1, -0.05) is 0 Å². The molecule has 1 saturated heterocycles. The van der Waals surface area contributed by atoms with Gasteiger partial charge in [0.2, 0.25) is 11.8 Å². The van der Waals surface area contributed by atoms with Crippen LogP contribution in [0, 0.1) is 0 Å². The molecule has 0 saturated carbocycles. The molecule has 2 aliphatic heterocycles. The van der Waals surface area contributed by atoms with Gasteiger partial charge >= 0.3 is 0 Å². The summed E-state index contributed by atoms with van der Waals surface area (Å²) in [7, 11) is 0. The minimum absolute atomic E-state index is 0.0361. The van der Waals surface area contributed by atoms with Crippen LogP contribution in [0.2, 0.25) is 0 Å². The highest BCUT2D eigenvalue weighted by molar-refractivity contribution is 7.99. The van der Waals surface area contributed by atoms with Crippen LogP contribution in [0.3, 0.4) is 0 Å². The topological polar surface area (TPSA) is 78.4 Å². The smallest absolute Gasteiger partial charge is 0.246 e. The molecule has 0 aliphatic carbocycles. The summed E-state index contributed by atoms with van der Waals surface area (Å²) in [4.78, 5) is 28.0. The number of thioether (sulfide) groups is 1. The molecule has 1 atom stereocenters. The van der Waals surface area contributed by atoms with E-state index in [1.165, 1.54) is 6.92 Å². The third-order valence-corrected chi connectivity index (χ3v) is 5.19. The van der Waals surface area contributed by atoms with Crippen molar-refractivity contribution >= 4 is 29.4 Å². The lowest BCUT2D eigenvalue weighted by molar-refractivity contribution is -0.143. The minimum Gasteiger partial charge on any atom is -0.369 e. The summed E-state index contributed by atoms with van der Waals surface area (Å²) in [5.74, 6) is 2.02. The highest BCUT2D eigenvalue weighted by Gasteiger charge is 2.36. The first kappa shape index (κ1) is 16.0. The van der Waals surface area contributed by atoms with E-state index in [9.17, 15) is 9.59 Å². The lowest BCUT2D eigenvalue weighted by Gasteiger charge is -2.32. The van der Waals surface area contributed by atoms with Gasteiger partial charge in [0.15, 0.2) is 0 Å². The molecule has 0 radical (unpaired) electrons. The fraction of sp³-hybridized carbons (Fsp3) is 0.600. The van der Waals surface area contributed by atoms with Crippen molar-refractivity contribution < 1.29 is 9.59 Å². The van der Waals surface area contributed by atoms with Gasteiger partial charge in [-0.3, -0.25) is 9.59 Å². The van der Waals surface area contributed by atoms with Crippen LogP contribution in [0.4, 0.5) is 5.82 Å². The number of anilines is 1. The van der Waals surface area contributed by atoms with Gasteiger partial charge < -0.3 is 15.1 Å². The van der Waals surface area contributed by atoms with Gasteiger partial charge in [-0.15, -0.1) is 16.9 Å². The zero-order chi connectivity index (χ0) is 16.4. The summed E-state index contributed by atoms with van der Waals surface area (Å²) in [5, 5.41) is 11.5. The first-order chi connectivity index (χ1) is 11.1. The Morgan fingerprint density at radius 3 is 3.00 bits per heavy atom. The van der Waals surface area contributed by atoms with E-state index in [4.69, 9.17) is 0 Å². The van der Waals surface area contributed by atoms with Crippen molar-refractivity contribution in [3.05, 3.63) is 17.3 Å². The zero-order valence-electron chi connectivity index (χ0n) is 13.4. The van der Waals surface area contributed by atoms with Crippen molar-refractivity contribution in [3.8, 4) is 0 Å². The number of fused-ring (bicyclic) bond motifs is 1. The van der Waals surface area contributed by atoms with Crippen LogP contribution in [0.1, 0.15) is 25.1 Å². The third kappa shape index (κ3) is 3.26. The van der Waals surface area contributed by atoms with Crippen LogP contribution in [0.15, 0.2) is 6.07 Å². The van der Waals surface area contributed by atoms with E-state index >= 15 is 0 Å².